The molecule has 2 heterocycles. The van der Waals surface area contributed by atoms with Crippen LogP contribution in [-0.4, -0.2) is 29.8 Å². The van der Waals surface area contributed by atoms with Crippen molar-refractivity contribution in [3.8, 4) is 11.4 Å². The van der Waals surface area contributed by atoms with E-state index in [1.165, 1.54) is 7.11 Å². The number of nitrogens with zero attached hydrogens (tertiary/aromatic N) is 2. The Morgan fingerprint density at radius 2 is 2.27 bits per heavy atom. The quantitative estimate of drug-likeness (QED) is 0.878. The first-order chi connectivity index (χ1) is 10.6. The molecule has 1 fully saturated rings. The molecule has 0 radical (unpaired) electrons. The van der Waals surface area contributed by atoms with Crippen LogP contribution in [0.15, 0.2) is 28.8 Å². The van der Waals surface area contributed by atoms with Crippen molar-refractivity contribution >= 4 is 5.97 Å². The van der Waals surface area contributed by atoms with Crippen LogP contribution < -0.4 is 5.32 Å². The molecule has 6 nitrogen and oxygen atoms in total. The van der Waals surface area contributed by atoms with Crippen LogP contribution in [0.4, 0.5) is 0 Å². The maximum atomic E-state index is 11.6. The molecule has 1 aliphatic heterocycles. The second kappa shape index (κ2) is 5.88. The molecule has 1 aliphatic rings. The van der Waals surface area contributed by atoms with Gasteiger partial charge in [-0.3, -0.25) is 0 Å². The highest BCUT2D eigenvalue weighted by Crippen LogP contribution is 2.30. The Bertz CT molecular complexity index is 675. The van der Waals surface area contributed by atoms with Gasteiger partial charge in [0, 0.05) is 5.56 Å². The summed E-state index contributed by atoms with van der Waals surface area (Å²) < 4.78 is 10.2. The summed E-state index contributed by atoms with van der Waals surface area (Å²) in [6.45, 7) is 3.03. The summed E-state index contributed by atoms with van der Waals surface area (Å²) in [5, 5.41) is 7.50. The van der Waals surface area contributed by atoms with Crippen molar-refractivity contribution in [3.63, 3.8) is 0 Å². The van der Waals surface area contributed by atoms with Crippen LogP contribution in [0.25, 0.3) is 11.4 Å². The molecule has 1 N–H and O–H groups in total. The van der Waals surface area contributed by atoms with Gasteiger partial charge in [0.2, 0.25) is 11.7 Å². The summed E-state index contributed by atoms with van der Waals surface area (Å²) >= 11 is 0. The number of esters is 1. The monoisotopic (exact) mass is 301 g/mol. The van der Waals surface area contributed by atoms with Crippen molar-refractivity contribution < 1.29 is 14.1 Å². The van der Waals surface area contributed by atoms with E-state index in [1.54, 1.807) is 18.2 Å². The van der Waals surface area contributed by atoms with Gasteiger partial charge >= 0.3 is 5.97 Å². The van der Waals surface area contributed by atoms with Gasteiger partial charge < -0.3 is 14.6 Å². The van der Waals surface area contributed by atoms with Gasteiger partial charge in [0.05, 0.1) is 18.2 Å². The molecule has 1 unspecified atom stereocenters. The number of piperidine rings is 1. The van der Waals surface area contributed by atoms with E-state index in [4.69, 9.17) is 9.26 Å². The smallest absolute Gasteiger partial charge is 0.337 e. The lowest BCUT2D eigenvalue weighted by Gasteiger charge is -2.31. The normalized spacial score (nSPS) is 21.5. The molecule has 0 aliphatic carbocycles. The van der Waals surface area contributed by atoms with Gasteiger partial charge in [-0.25, -0.2) is 4.79 Å². The largest absolute Gasteiger partial charge is 0.465 e. The third-order valence-corrected chi connectivity index (χ3v) is 4.06. The van der Waals surface area contributed by atoms with E-state index >= 15 is 0 Å². The van der Waals surface area contributed by atoms with Crippen LogP contribution in [0.5, 0.6) is 0 Å². The number of aromatic nitrogens is 2. The van der Waals surface area contributed by atoms with Crippen molar-refractivity contribution in [3.05, 3.63) is 35.7 Å². The number of nitrogens with one attached hydrogen (secondary N) is 1. The zero-order chi connectivity index (χ0) is 15.6. The van der Waals surface area contributed by atoms with Crippen LogP contribution in [0.3, 0.4) is 0 Å². The van der Waals surface area contributed by atoms with Crippen LogP contribution in [0, 0.1) is 0 Å². The number of hydrogen-bond acceptors (Lipinski definition) is 6. The van der Waals surface area contributed by atoms with E-state index in [0.717, 1.165) is 31.4 Å². The van der Waals surface area contributed by atoms with Gasteiger partial charge in [0.15, 0.2) is 0 Å². The maximum Gasteiger partial charge on any atom is 0.337 e. The Kier molecular flexibility index (Phi) is 3.94. The van der Waals surface area contributed by atoms with Crippen molar-refractivity contribution in [1.29, 1.82) is 0 Å². The number of methoxy groups -OCH3 is 1. The van der Waals surface area contributed by atoms with Gasteiger partial charge in [-0.05, 0) is 44.9 Å². The molecular weight excluding hydrogens is 282 g/mol. The van der Waals surface area contributed by atoms with Gasteiger partial charge in [0.1, 0.15) is 0 Å². The highest BCUT2D eigenvalue weighted by Gasteiger charge is 2.34. The minimum absolute atomic E-state index is 0.274. The van der Waals surface area contributed by atoms with Crippen LogP contribution in [0.2, 0.25) is 0 Å². The van der Waals surface area contributed by atoms with E-state index in [2.05, 4.69) is 22.4 Å². The highest BCUT2D eigenvalue weighted by molar-refractivity contribution is 5.90. The molecule has 0 bridgehead atoms. The lowest BCUT2D eigenvalue weighted by Crippen LogP contribution is -2.43. The van der Waals surface area contributed by atoms with Gasteiger partial charge in [0.25, 0.3) is 0 Å². The number of ether oxygens (including phenoxy) is 1. The molecule has 1 atom stereocenters. The van der Waals surface area contributed by atoms with Crippen molar-refractivity contribution in [2.45, 2.75) is 31.7 Å². The summed E-state index contributed by atoms with van der Waals surface area (Å²) in [7, 11) is 1.36. The molecule has 22 heavy (non-hydrogen) atoms. The number of benzene rings is 1. The fourth-order valence-electron chi connectivity index (χ4n) is 2.71. The zero-order valence-corrected chi connectivity index (χ0v) is 12.8. The van der Waals surface area contributed by atoms with Crippen molar-refractivity contribution in [2.75, 3.05) is 13.7 Å². The Morgan fingerprint density at radius 1 is 1.41 bits per heavy atom. The minimum atomic E-state index is -0.383. The second-order valence-electron chi connectivity index (χ2n) is 5.71. The molecule has 6 heteroatoms. The molecule has 2 aromatic rings. The van der Waals surface area contributed by atoms with Crippen molar-refractivity contribution in [2.24, 2.45) is 0 Å². The van der Waals surface area contributed by atoms with Crippen LogP contribution in [-0.2, 0) is 10.3 Å². The third-order valence-electron chi connectivity index (χ3n) is 4.06. The third kappa shape index (κ3) is 2.74. The zero-order valence-electron chi connectivity index (χ0n) is 12.8. The molecule has 1 saturated heterocycles. The van der Waals surface area contributed by atoms with Gasteiger partial charge in [-0.1, -0.05) is 17.3 Å². The molecule has 1 aromatic heterocycles. The maximum absolute atomic E-state index is 11.6. The topological polar surface area (TPSA) is 77.2 Å². The van der Waals surface area contributed by atoms with Gasteiger partial charge in [-0.15, -0.1) is 0 Å². The Labute approximate surface area is 128 Å². The fraction of sp³-hybridized carbons (Fsp3) is 0.438. The Morgan fingerprint density at radius 3 is 3.00 bits per heavy atom. The first-order valence-corrected chi connectivity index (χ1v) is 7.40. The average Bonchev–Trinajstić information content (AvgIpc) is 3.06. The van der Waals surface area contributed by atoms with E-state index in [9.17, 15) is 4.79 Å². The molecule has 0 spiro atoms. The van der Waals surface area contributed by atoms with E-state index in [-0.39, 0.29) is 11.5 Å². The van der Waals surface area contributed by atoms with Crippen molar-refractivity contribution in [1.82, 2.24) is 15.5 Å². The fourth-order valence-corrected chi connectivity index (χ4v) is 2.71. The van der Waals surface area contributed by atoms with Crippen LogP contribution >= 0.6 is 0 Å². The molecule has 0 saturated carbocycles. The van der Waals surface area contributed by atoms with Crippen LogP contribution in [0.1, 0.15) is 42.4 Å². The lowest BCUT2D eigenvalue weighted by atomic mass is 9.91. The molecule has 3 rings (SSSR count). The first kappa shape index (κ1) is 14.7. The standard InChI is InChI=1S/C16H19N3O3/c1-16(8-3-4-9-17-16)15-18-13(19-22-15)11-6-5-7-12(10-11)14(20)21-2/h5-7,10,17H,3-4,8-9H2,1-2H3. The first-order valence-electron chi connectivity index (χ1n) is 7.40. The number of carbonyl (C=O) groups is 1. The number of carbonyl (C=O) groups excluding carboxylic acids is 1. The summed E-state index contributed by atoms with van der Waals surface area (Å²) in [4.78, 5) is 16.1. The second-order valence-corrected chi connectivity index (χ2v) is 5.71. The molecule has 1 aromatic carbocycles. The Hall–Kier alpha value is -2.21. The number of hydrogen-bond donors (Lipinski definition) is 1. The molecule has 116 valence electrons. The van der Waals surface area contributed by atoms with Gasteiger partial charge in [-0.2, -0.15) is 4.98 Å². The molecule has 0 amide bonds. The summed E-state index contributed by atoms with van der Waals surface area (Å²) in [6, 6.07) is 7.02. The average molecular weight is 301 g/mol. The summed E-state index contributed by atoms with van der Waals surface area (Å²) in [5.41, 5.74) is 0.925. The predicted molar refractivity (Wildman–Crippen MR) is 80.3 cm³/mol. The van der Waals surface area contributed by atoms with E-state index in [0.29, 0.717) is 17.3 Å². The Balaban J connectivity index is 1.89. The number of rotatable bonds is 3. The minimum Gasteiger partial charge on any atom is -0.465 e. The lowest BCUT2D eigenvalue weighted by molar-refractivity contribution is 0.0601. The highest BCUT2D eigenvalue weighted by atomic mass is 16.5. The molecular formula is C16H19N3O3. The summed E-state index contributed by atoms with van der Waals surface area (Å²) in [6.07, 6.45) is 3.27. The predicted octanol–water partition coefficient (Wildman–Crippen LogP) is 2.51. The van der Waals surface area contributed by atoms with E-state index in [1.807, 2.05) is 6.07 Å². The van der Waals surface area contributed by atoms with E-state index < -0.39 is 0 Å². The summed E-state index contributed by atoms with van der Waals surface area (Å²) in [5.74, 6) is 0.687. The SMILES string of the molecule is COC(=O)c1cccc(-c2noc(C3(C)CCCCN3)n2)c1.